The van der Waals surface area contributed by atoms with Gasteiger partial charge in [0.1, 0.15) is 11.6 Å². The number of aromatic hydroxyl groups is 1. The summed E-state index contributed by atoms with van der Waals surface area (Å²) >= 11 is 0. The average molecular weight is 295 g/mol. The number of hydrogen-bond acceptors (Lipinski definition) is 5. The maximum atomic E-state index is 11.7. The Morgan fingerprint density at radius 1 is 1.14 bits per heavy atom. The molecule has 22 heavy (non-hydrogen) atoms. The molecule has 6 nitrogen and oxygen atoms in total. The molecule has 0 aliphatic rings. The normalized spacial score (nSPS) is 12.0. The van der Waals surface area contributed by atoms with E-state index in [1.165, 1.54) is 24.7 Å². The van der Waals surface area contributed by atoms with E-state index in [0.29, 0.717) is 16.8 Å². The molecule has 0 aliphatic heterocycles. The van der Waals surface area contributed by atoms with Crippen molar-refractivity contribution >= 4 is 22.6 Å². The summed E-state index contributed by atoms with van der Waals surface area (Å²) in [4.78, 5) is 19.6. The molecule has 0 aliphatic carbocycles. The number of aliphatic carboxylic acids is 1. The number of benzene rings is 2. The number of phenols is 1. The van der Waals surface area contributed by atoms with Gasteiger partial charge in [0.05, 0.1) is 6.20 Å². The van der Waals surface area contributed by atoms with Crippen LogP contribution in [-0.4, -0.2) is 26.2 Å². The van der Waals surface area contributed by atoms with E-state index < -0.39 is 12.0 Å². The fourth-order valence-corrected chi connectivity index (χ4v) is 2.37. The van der Waals surface area contributed by atoms with Crippen LogP contribution in [0, 0.1) is 0 Å². The highest BCUT2D eigenvalue weighted by Crippen LogP contribution is 2.34. The molecular formula is C16H13N3O3. The van der Waals surface area contributed by atoms with E-state index in [-0.39, 0.29) is 5.75 Å². The van der Waals surface area contributed by atoms with Gasteiger partial charge in [-0.2, -0.15) is 0 Å². The van der Waals surface area contributed by atoms with Gasteiger partial charge >= 0.3 is 5.97 Å². The largest absolute Gasteiger partial charge is 0.508 e. The molecule has 0 saturated carbocycles. The number of hydrogen-bond donors (Lipinski definition) is 3. The minimum atomic E-state index is -1.14. The Kier molecular flexibility index (Phi) is 3.57. The SMILES string of the molecule is O=C(O)C(Nc1cnccn1)c1c(O)ccc2ccccc12. The van der Waals surface area contributed by atoms with Crippen molar-refractivity contribution in [2.45, 2.75) is 6.04 Å². The first kappa shape index (κ1) is 13.8. The number of nitrogens with one attached hydrogen (secondary N) is 1. The molecule has 0 radical (unpaired) electrons. The molecule has 0 fully saturated rings. The Balaban J connectivity index is 2.13. The van der Waals surface area contributed by atoms with Crippen molar-refractivity contribution in [1.29, 1.82) is 0 Å². The molecule has 1 aromatic heterocycles. The number of rotatable bonds is 4. The molecule has 1 heterocycles. The third-order valence-corrected chi connectivity index (χ3v) is 3.34. The van der Waals surface area contributed by atoms with Gasteiger partial charge in [0.2, 0.25) is 0 Å². The number of carbonyl (C=O) groups is 1. The monoisotopic (exact) mass is 295 g/mol. The molecule has 3 rings (SSSR count). The first-order valence-corrected chi connectivity index (χ1v) is 6.63. The lowest BCUT2D eigenvalue weighted by Crippen LogP contribution is -2.21. The molecule has 0 saturated heterocycles. The van der Waals surface area contributed by atoms with Crippen molar-refractivity contribution in [1.82, 2.24) is 9.97 Å². The zero-order valence-electron chi connectivity index (χ0n) is 11.5. The van der Waals surface area contributed by atoms with Gasteiger partial charge in [0, 0.05) is 18.0 Å². The fourth-order valence-electron chi connectivity index (χ4n) is 2.37. The van der Waals surface area contributed by atoms with E-state index >= 15 is 0 Å². The number of phenolic OH excluding ortho intramolecular Hbond substituents is 1. The molecule has 3 aromatic rings. The van der Waals surface area contributed by atoms with Gasteiger partial charge < -0.3 is 15.5 Å². The predicted octanol–water partition coefficient (Wildman–Crippen LogP) is 2.57. The van der Waals surface area contributed by atoms with Gasteiger partial charge in [-0.3, -0.25) is 4.98 Å². The number of carboxylic acid groups (broad SMARTS) is 1. The van der Waals surface area contributed by atoms with E-state index in [4.69, 9.17) is 0 Å². The van der Waals surface area contributed by atoms with Crippen LogP contribution >= 0.6 is 0 Å². The second kappa shape index (κ2) is 5.69. The van der Waals surface area contributed by atoms with Crippen LogP contribution in [0.2, 0.25) is 0 Å². The van der Waals surface area contributed by atoms with Crippen molar-refractivity contribution in [2.24, 2.45) is 0 Å². The summed E-state index contributed by atoms with van der Waals surface area (Å²) < 4.78 is 0. The van der Waals surface area contributed by atoms with Gasteiger partial charge in [0.15, 0.2) is 6.04 Å². The zero-order valence-corrected chi connectivity index (χ0v) is 11.5. The van der Waals surface area contributed by atoms with Crippen LogP contribution in [0.25, 0.3) is 10.8 Å². The van der Waals surface area contributed by atoms with Crippen LogP contribution in [0.3, 0.4) is 0 Å². The first-order valence-electron chi connectivity index (χ1n) is 6.63. The Morgan fingerprint density at radius 2 is 1.95 bits per heavy atom. The van der Waals surface area contributed by atoms with Crippen molar-refractivity contribution < 1.29 is 15.0 Å². The molecule has 1 unspecified atom stereocenters. The maximum Gasteiger partial charge on any atom is 0.331 e. The third kappa shape index (κ3) is 2.54. The molecule has 6 heteroatoms. The van der Waals surface area contributed by atoms with E-state index in [0.717, 1.165) is 5.39 Å². The summed E-state index contributed by atoms with van der Waals surface area (Å²) in [5, 5.41) is 24.0. The summed E-state index contributed by atoms with van der Waals surface area (Å²) in [7, 11) is 0. The van der Waals surface area contributed by atoms with Crippen LogP contribution in [-0.2, 0) is 4.79 Å². The second-order valence-electron chi connectivity index (χ2n) is 4.73. The lowest BCUT2D eigenvalue weighted by Gasteiger charge is -2.18. The molecular weight excluding hydrogens is 282 g/mol. The van der Waals surface area contributed by atoms with E-state index in [9.17, 15) is 15.0 Å². The number of nitrogens with zero attached hydrogens (tertiary/aromatic N) is 2. The maximum absolute atomic E-state index is 11.7. The highest BCUT2D eigenvalue weighted by molar-refractivity contribution is 5.93. The van der Waals surface area contributed by atoms with Gasteiger partial charge in [-0.1, -0.05) is 30.3 Å². The molecule has 0 bridgehead atoms. The van der Waals surface area contributed by atoms with Gasteiger partial charge in [-0.05, 0) is 16.8 Å². The van der Waals surface area contributed by atoms with Crippen LogP contribution in [0.1, 0.15) is 11.6 Å². The van der Waals surface area contributed by atoms with E-state index in [2.05, 4.69) is 15.3 Å². The average Bonchev–Trinajstić information content (AvgIpc) is 2.54. The van der Waals surface area contributed by atoms with Crippen LogP contribution in [0.4, 0.5) is 5.82 Å². The molecule has 0 amide bonds. The molecule has 2 aromatic carbocycles. The summed E-state index contributed by atoms with van der Waals surface area (Å²) in [6.07, 6.45) is 4.39. The third-order valence-electron chi connectivity index (χ3n) is 3.34. The second-order valence-corrected chi connectivity index (χ2v) is 4.73. The molecule has 110 valence electrons. The Bertz CT molecular complexity index is 821. The van der Waals surface area contributed by atoms with Crippen LogP contribution in [0.15, 0.2) is 55.0 Å². The fraction of sp³-hybridized carbons (Fsp3) is 0.0625. The lowest BCUT2D eigenvalue weighted by molar-refractivity contribution is -0.138. The first-order chi connectivity index (χ1) is 10.7. The van der Waals surface area contributed by atoms with Gasteiger partial charge in [-0.15, -0.1) is 0 Å². The Hall–Kier alpha value is -3.15. The quantitative estimate of drug-likeness (QED) is 0.684. The standard InChI is InChI=1S/C16H13N3O3/c20-12-6-5-10-3-1-2-4-11(10)14(12)15(16(21)22)19-13-9-17-7-8-18-13/h1-9,15,20H,(H,18,19)(H,21,22). The predicted molar refractivity (Wildman–Crippen MR) is 81.6 cm³/mol. The summed E-state index contributed by atoms with van der Waals surface area (Å²) in [5.74, 6) is -0.873. The van der Waals surface area contributed by atoms with Crippen molar-refractivity contribution in [3.05, 3.63) is 60.6 Å². The number of aromatic nitrogens is 2. The molecule has 1 atom stereocenters. The van der Waals surface area contributed by atoms with Crippen LogP contribution < -0.4 is 5.32 Å². The number of anilines is 1. The smallest absolute Gasteiger partial charge is 0.331 e. The number of fused-ring (bicyclic) bond motifs is 1. The van der Waals surface area contributed by atoms with Crippen LogP contribution in [0.5, 0.6) is 5.75 Å². The van der Waals surface area contributed by atoms with Gasteiger partial charge in [-0.25, -0.2) is 9.78 Å². The summed E-state index contributed by atoms with van der Waals surface area (Å²) in [6, 6.07) is 9.39. The van der Waals surface area contributed by atoms with Gasteiger partial charge in [0.25, 0.3) is 0 Å². The summed E-state index contributed by atoms with van der Waals surface area (Å²) in [6.45, 7) is 0. The minimum absolute atomic E-state index is 0.0810. The number of carboxylic acids is 1. The van der Waals surface area contributed by atoms with Crippen molar-refractivity contribution in [3.8, 4) is 5.75 Å². The zero-order chi connectivity index (χ0) is 15.5. The highest BCUT2D eigenvalue weighted by Gasteiger charge is 2.25. The van der Waals surface area contributed by atoms with Crippen molar-refractivity contribution in [3.63, 3.8) is 0 Å². The summed E-state index contributed by atoms with van der Waals surface area (Å²) in [5.41, 5.74) is 0.302. The van der Waals surface area contributed by atoms with Crippen molar-refractivity contribution in [2.75, 3.05) is 5.32 Å². The van der Waals surface area contributed by atoms with E-state index in [1.807, 2.05) is 12.1 Å². The topological polar surface area (TPSA) is 95.3 Å². The highest BCUT2D eigenvalue weighted by atomic mass is 16.4. The molecule has 0 spiro atoms. The minimum Gasteiger partial charge on any atom is -0.508 e. The Morgan fingerprint density at radius 3 is 2.68 bits per heavy atom. The lowest BCUT2D eigenvalue weighted by atomic mass is 9.97. The van der Waals surface area contributed by atoms with E-state index in [1.54, 1.807) is 18.2 Å². The molecule has 3 N–H and O–H groups in total. The Labute approximate surface area is 126 Å².